The molecular formula is C13H24N6O3. The van der Waals surface area contributed by atoms with Crippen LogP contribution >= 0.6 is 0 Å². The van der Waals surface area contributed by atoms with E-state index < -0.39 is 23.9 Å². The number of primary amides is 1. The van der Waals surface area contributed by atoms with Crippen molar-refractivity contribution in [3.8, 4) is 0 Å². The van der Waals surface area contributed by atoms with Crippen molar-refractivity contribution in [2.45, 2.75) is 38.8 Å². The van der Waals surface area contributed by atoms with Gasteiger partial charge in [0.15, 0.2) is 5.96 Å². The average Bonchev–Trinajstić information content (AvgIpc) is 2.49. The Kier molecular flexibility index (Phi) is 6.61. The highest BCUT2D eigenvalue weighted by atomic mass is 16.2. The molecule has 0 spiro atoms. The predicted octanol–water partition coefficient (Wildman–Crippen LogP) is -2.20. The van der Waals surface area contributed by atoms with Crippen molar-refractivity contribution in [3.63, 3.8) is 0 Å². The zero-order chi connectivity index (χ0) is 16.7. The van der Waals surface area contributed by atoms with E-state index in [1.54, 1.807) is 0 Å². The van der Waals surface area contributed by atoms with Crippen molar-refractivity contribution in [1.82, 2.24) is 16.0 Å². The third-order valence-electron chi connectivity index (χ3n) is 3.60. The van der Waals surface area contributed by atoms with Gasteiger partial charge in [0.2, 0.25) is 17.7 Å². The van der Waals surface area contributed by atoms with Crippen molar-refractivity contribution in [2.75, 3.05) is 13.1 Å². The number of nitrogens with one attached hydrogen (secondary N) is 3. The summed E-state index contributed by atoms with van der Waals surface area (Å²) in [5.74, 6) is -1.26. The van der Waals surface area contributed by atoms with E-state index in [9.17, 15) is 14.4 Å². The number of nitrogens with two attached hydrogens (primary N) is 2. The van der Waals surface area contributed by atoms with Crippen LogP contribution in [0.2, 0.25) is 0 Å². The van der Waals surface area contributed by atoms with E-state index in [2.05, 4.69) is 20.9 Å². The molecule has 1 rings (SSSR count). The summed E-state index contributed by atoms with van der Waals surface area (Å²) >= 11 is 0. The normalized spacial score (nSPS) is 20.1. The summed E-state index contributed by atoms with van der Waals surface area (Å²) < 4.78 is 0. The third kappa shape index (κ3) is 5.23. The molecule has 1 aliphatic heterocycles. The highest BCUT2D eigenvalue weighted by Gasteiger charge is 2.25. The first-order valence-electron chi connectivity index (χ1n) is 7.28. The minimum Gasteiger partial charge on any atom is -0.370 e. The molecule has 0 saturated carbocycles. The van der Waals surface area contributed by atoms with E-state index in [1.807, 2.05) is 13.8 Å². The van der Waals surface area contributed by atoms with E-state index in [-0.39, 0.29) is 24.3 Å². The van der Waals surface area contributed by atoms with E-state index in [0.717, 1.165) is 0 Å². The van der Waals surface area contributed by atoms with Crippen LogP contribution in [0.3, 0.4) is 0 Å². The highest BCUT2D eigenvalue weighted by Crippen LogP contribution is 2.06. The van der Waals surface area contributed by atoms with Gasteiger partial charge in [-0.25, -0.2) is 0 Å². The summed E-state index contributed by atoms with van der Waals surface area (Å²) in [6.07, 6.45) is 1.20. The van der Waals surface area contributed by atoms with Crippen LogP contribution in [0, 0.1) is 5.92 Å². The van der Waals surface area contributed by atoms with Crippen LogP contribution in [0.5, 0.6) is 0 Å². The molecule has 0 radical (unpaired) electrons. The fourth-order valence-corrected chi connectivity index (χ4v) is 2.05. The fourth-order valence-electron chi connectivity index (χ4n) is 2.05. The molecule has 0 aliphatic carbocycles. The van der Waals surface area contributed by atoms with Crippen LogP contribution in [0.25, 0.3) is 0 Å². The zero-order valence-corrected chi connectivity index (χ0v) is 12.9. The Morgan fingerprint density at radius 1 is 1.45 bits per heavy atom. The Labute approximate surface area is 129 Å². The van der Waals surface area contributed by atoms with Crippen LogP contribution in [0.1, 0.15) is 26.7 Å². The van der Waals surface area contributed by atoms with Gasteiger partial charge in [0, 0.05) is 6.54 Å². The number of rotatable bonds is 7. The lowest BCUT2D eigenvalue weighted by atomic mass is 9.98. The summed E-state index contributed by atoms with van der Waals surface area (Å²) in [4.78, 5) is 39.0. The Balaban J connectivity index is 2.43. The molecule has 1 aliphatic rings. The van der Waals surface area contributed by atoms with Crippen LogP contribution in [0.15, 0.2) is 4.99 Å². The Bertz CT molecular complexity index is 465. The van der Waals surface area contributed by atoms with E-state index in [4.69, 9.17) is 11.5 Å². The molecule has 9 heteroatoms. The first kappa shape index (κ1) is 17.7. The SMILES string of the molecule is CC[C@H](C)[C@H](NC(=O)CNC(=O)C1CCN=C(N)N1)C(N)=O. The first-order chi connectivity index (χ1) is 10.3. The summed E-state index contributed by atoms with van der Waals surface area (Å²) in [6.45, 7) is 3.95. The average molecular weight is 312 g/mol. The van der Waals surface area contributed by atoms with Gasteiger partial charge in [-0.3, -0.25) is 19.4 Å². The van der Waals surface area contributed by atoms with Gasteiger partial charge in [0.1, 0.15) is 12.1 Å². The van der Waals surface area contributed by atoms with Gasteiger partial charge in [-0.2, -0.15) is 0 Å². The van der Waals surface area contributed by atoms with E-state index >= 15 is 0 Å². The molecule has 22 heavy (non-hydrogen) atoms. The molecule has 124 valence electrons. The largest absolute Gasteiger partial charge is 0.370 e. The molecule has 0 aromatic rings. The molecule has 0 aromatic heterocycles. The zero-order valence-electron chi connectivity index (χ0n) is 12.9. The summed E-state index contributed by atoms with van der Waals surface area (Å²) in [6, 6.07) is -1.25. The van der Waals surface area contributed by atoms with Crippen molar-refractivity contribution >= 4 is 23.7 Å². The number of aliphatic imine (C=N–C) groups is 1. The lowest BCUT2D eigenvalue weighted by Gasteiger charge is -2.23. The Hall–Kier alpha value is -2.32. The number of carbonyl (C=O) groups excluding carboxylic acids is 3. The maximum absolute atomic E-state index is 11.9. The Morgan fingerprint density at radius 2 is 2.14 bits per heavy atom. The van der Waals surface area contributed by atoms with Crippen LogP contribution in [-0.4, -0.2) is 48.9 Å². The van der Waals surface area contributed by atoms with Gasteiger partial charge < -0.3 is 27.4 Å². The molecule has 7 N–H and O–H groups in total. The number of hydrogen-bond donors (Lipinski definition) is 5. The predicted molar refractivity (Wildman–Crippen MR) is 81.6 cm³/mol. The molecule has 0 fully saturated rings. The minimum absolute atomic E-state index is 0.0758. The molecular weight excluding hydrogens is 288 g/mol. The van der Waals surface area contributed by atoms with E-state index in [1.165, 1.54) is 0 Å². The summed E-state index contributed by atoms with van der Waals surface area (Å²) in [5.41, 5.74) is 10.8. The van der Waals surface area contributed by atoms with E-state index in [0.29, 0.717) is 19.4 Å². The van der Waals surface area contributed by atoms with Crippen LogP contribution < -0.4 is 27.4 Å². The number of guanidine groups is 1. The van der Waals surface area contributed by atoms with Gasteiger partial charge in [0.25, 0.3) is 0 Å². The summed E-state index contributed by atoms with van der Waals surface area (Å²) in [7, 11) is 0. The summed E-state index contributed by atoms with van der Waals surface area (Å²) in [5, 5.41) is 7.77. The Morgan fingerprint density at radius 3 is 2.68 bits per heavy atom. The number of nitrogens with zero attached hydrogens (tertiary/aromatic N) is 1. The quantitative estimate of drug-likeness (QED) is 0.361. The second-order valence-electron chi connectivity index (χ2n) is 5.30. The molecule has 3 amide bonds. The lowest BCUT2D eigenvalue weighted by molar-refractivity contribution is -0.130. The van der Waals surface area contributed by atoms with Gasteiger partial charge >= 0.3 is 0 Å². The number of hydrogen-bond acceptors (Lipinski definition) is 6. The molecule has 0 aromatic carbocycles. The molecule has 0 saturated heterocycles. The maximum atomic E-state index is 11.9. The molecule has 3 atom stereocenters. The topological polar surface area (TPSA) is 152 Å². The van der Waals surface area contributed by atoms with Crippen LogP contribution in [-0.2, 0) is 14.4 Å². The smallest absolute Gasteiger partial charge is 0.243 e. The third-order valence-corrected chi connectivity index (χ3v) is 3.60. The van der Waals surface area contributed by atoms with Gasteiger partial charge in [0.05, 0.1) is 6.54 Å². The maximum Gasteiger partial charge on any atom is 0.243 e. The van der Waals surface area contributed by atoms with Gasteiger partial charge in [-0.15, -0.1) is 0 Å². The first-order valence-corrected chi connectivity index (χ1v) is 7.28. The van der Waals surface area contributed by atoms with Gasteiger partial charge in [-0.05, 0) is 12.3 Å². The van der Waals surface area contributed by atoms with Crippen LogP contribution in [0.4, 0.5) is 0 Å². The number of amides is 3. The second-order valence-corrected chi connectivity index (χ2v) is 5.30. The second kappa shape index (κ2) is 8.20. The van der Waals surface area contributed by atoms with Crippen molar-refractivity contribution in [3.05, 3.63) is 0 Å². The fraction of sp³-hybridized carbons (Fsp3) is 0.692. The molecule has 1 unspecified atom stereocenters. The standard InChI is InChI=1S/C13H24N6O3/c1-3-7(2)10(11(14)21)19-9(20)6-17-12(22)8-4-5-16-13(15)18-8/h7-8,10H,3-6H2,1-2H3,(H2,14,21)(H,17,22)(H,19,20)(H3,15,16,18)/t7-,8?,10-/m0/s1. The monoisotopic (exact) mass is 312 g/mol. The number of carbonyl (C=O) groups is 3. The van der Waals surface area contributed by atoms with Crippen molar-refractivity contribution in [1.29, 1.82) is 0 Å². The highest BCUT2D eigenvalue weighted by molar-refractivity contribution is 5.92. The van der Waals surface area contributed by atoms with Crippen molar-refractivity contribution in [2.24, 2.45) is 22.4 Å². The molecule has 0 bridgehead atoms. The van der Waals surface area contributed by atoms with Crippen molar-refractivity contribution < 1.29 is 14.4 Å². The molecule has 1 heterocycles. The molecule has 9 nitrogen and oxygen atoms in total. The minimum atomic E-state index is -0.745. The van der Waals surface area contributed by atoms with Gasteiger partial charge in [-0.1, -0.05) is 20.3 Å². The lowest BCUT2D eigenvalue weighted by Crippen LogP contribution is -2.54.